The summed E-state index contributed by atoms with van der Waals surface area (Å²) in [5.41, 5.74) is 3.41. The quantitative estimate of drug-likeness (QED) is 0.708. The van der Waals surface area contributed by atoms with Crippen LogP contribution in [0.2, 0.25) is 0 Å². The zero-order valence-electron chi connectivity index (χ0n) is 12.3. The van der Waals surface area contributed by atoms with Gasteiger partial charge < -0.3 is 9.47 Å². The fourth-order valence-corrected chi connectivity index (χ4v) is 3.36. The van der Waals surface area contributed by atoms with Gasteiger partial charge in [-0.2, -0.15) is 0 Å². The van der Waals surface area contributed by atoms with Gasteiger partial charge in [0.25, 0.3) is 0 Å². The smallest absolute Gasteiger partial charge is 0.124 e. The minimum Gasteiger partial charge on any atom is -0.497 e. The molecule has 0 fully saturated rings. The third kappa shape index (κ3) is 2.59. The fraction of sp³-hybridized carbons (Fsp3) is 0.235. The van der Waals surface area contributed by atoms with Gasteiger partial charge in [0.1, 0.15) is 16.5 Å². The average molecular weight is 299 g/mol. The van der Waals surface area contributed by atoms with Crippen LogP contribution in [0, 0.1) is 0 Å². The van der Waals surface area contributed by atoms with Gasteiger partial charge in [0, 0.05) is 5.56 Å². The molecule has 3 aromatic rings. The van der Waals surface area contributed by atoms with Gasteiger partial charge in [0.05, 0.1) is 24.4 Å². The van der Waals surface area contributed by atoms with Crippen molar-refractivity contribution in [2.75, 3.05) is 14.2 Å². The molecule has 1 aromatic heterocycles. The molecule has 2 aromatic carbocycles. The maximum absolute atomic E-state index is 5.37. The minimum absolute atomic E-state index is 0.857. The summed E-state index contributed by atoms with van der Waals surface area (Å²) in [6.45, 7) is 2.14. The Morgan fingerprint density at radius 1 is 1.00 bits per heavy atom. The maximum Gasteiger partial charge on any atom is 0.124 e. The molecule has 0 unspecified atom stereocenters. The molecule has 0 saturated heterocycles. The predicted molar refractivity (Wildman–Crippen MR) is 87.5 cm³/mol. The van der Waals surface area contributed by atoms with Crippen LogP contribution in [0.1, 0.15) is 12.5 Å². The number of aromatic nitrogens is 1. The van der Waals surface area contributed by atoms with Crippen molar-refractivity contribution < 1.29 is 9.47 Å². The summed E-state index contributed by atoms with van der Waals surface area (Å²) in [7, 11) is 3.37. The van der Waals surface area contributed by atoms with Crippen LogP contribution >= 0.6 is 11.3 Å². The van der Waals surface area contributed by atoms with E-state index in [0.29, 0.717) is 0 Å². The Labute approximate surface area is 128 Å². The Morgan fingerprint density at radius 3 is 2.33 bits per heavy atom. The van der Waals surface area contributed by atoms with Crippen LogP contribution in [0.3, 0.4) is 0 Å². The van der Waals surface area contributed by atoms with Crippen LogP contribution < -0.4 is 9.47 Å². The van der Waals surface area contributed by atoms with Crippen LogP contribution in [0.4, 0.5) is 0 Å². The lowest BCUT2D eigenvalue weighted by atomic mass is 10.1. The maximum atomic E-state index is 5.37. The van der Waals surface area contributed by atoms with Gasteiger partial charge >= 0.3 is 0 Å². The molecule has 0 radical (unpaired) electrons. The normalized spacial score (nSPS) is 10.8. The topological polar surface area (TPSA) is 31.4 Å². The number of aryl methyl sites for hydroxylation is 1. The number of rotatable bonds is 4. The van der Waals surface area contributed by atoms with Crippen LogP contribution in [0.5, 0.6) is 11.5 Å². The molecule has 0 N–H and O–H groups in total. The van der Waals surface area contributed by atoms with Crippen molar-refractivity contribution in [3.8, 4) is 22.1 Å². The van der Waals surface area contributed by atoms with Crippen molar-refractivity contribution >= 4 is 21.6 Å². The first-order valence-corrected chi connectivity index (χ1v) is 7.68. The van der Waals surface area contributed by atoms with Crippen molar-refractivity contribution in [3.63, 3.8) is 0 Å². The molecular weight excluding hydrogens is 282 g/mol. The van der Waals surface area contributed by atoms with Crippen molar-refractivity contribution in [1.29, 1.82) is 0 Å². The number of ether oxygens (including phenoxy) is 2. The Kier molecular flexibility index (Phi) is 3.80. The molecule has 0 bridgehead atoms. The van der Waals surface area contributed by atoms with Crippen molar-refractivity contribution in [3.05, 3.63) is 42.0 Å². The molecule has 3 nitrogen and oxygen atoms in total. The molecule has 0 aliphatic heterocycles. The van der Waals surface area contributed by atoms with E-state index in [1.165, 1.54) is 5.56 Å². The molecule has 0 spiro atoms. The highest BCUT2D eigenvalue weighted by molar-refractivity contribution is 7.21. The van der Waals surface area contributed by atoms with Crippen molar-refractivity contribution in [2.24, 2.45) is 0 Å². The lowest BCUT2D eigenvalue weighted by molar-refractivity contribution is 0.415. The van der Waals surface area contributed by atoms with E-state index < -0.39 is 0 Å². The molecule has 3 rings (SSSR count). The monoisotopic (exact) mass is 299 g/mol. The highest BCUT2D eigenvalue weighted by Crippen LogP contribution is 2.35. The van der Waals surface area contributed by atoms with E-state index in [1.54, 1.807) is 25.6 Å². The Morgan fingerprint density at radius 2 is 1.71 bits per heavy atom. The summed E-state index contributed by atoms with van der Waals surface area (Å²) in [6, 6.07) is 12.1. The number of hydrogen-bond acceptors (Lipinski definition) is 4. The third-order valence-corrected chi connectivity index (χ3v) is 4.55. The Bertz CT molecular complexity index is 762. The van der Waals surface area contributed by atoms with E-state index in [4.69, 9.17) is 14.5 Å². The van der Waals surface area contributed by atoms with Gasteiger partial charge in [-0.25, -0.2) is 4.98 Å². The van der Waals surface area contributed by atoms with E-state index in [2.05, 4.69) is 19.1 Å². The second-order valence-electron chi connectivity index (χ2n) is 4.73. The van der Waals surface area contributed by atoms with E-state index in [0.717, 1.165) is 38.7 Å². The van der Waals surface area contributed by atoms with E-state index in [9.17, 15) is 0 Å². The number of hydrogen-bond donors (Lipinski definition) is 0. The Hall–Kier alpha value is -2.07. The van der Waals surface area contributed by atoms with Crippen molar-refractivity contribution in [1.82, 2.24) is 4.98 Å². The fourth-order valence-electron chi connectivity index (χ4n) is 2.32. The van der Waals surface area contributed by atoms with Gasteiger partial charge in [-0.3, -0.25) is 0 Å². The number of methoxy groups -OCH3 is 2. The predicted octanol–water partition coefficient (Wildman–Crippen LogP) is 4.54. The molecule has 1 heterocycles. The van der Waals surface area contributed by atoms with Crippen LogP contribution in [0.15, 0.2) is 36.4 Å². The summed E-state index contributed by atoms with van der Waals surface area (Å²) in [6.07, 6.45) is 0.944. The van der Waals surface area contributed by atoms with E-state index >= 15 is 0 Å². The number of nitrogens with zero attached hydrogens (tertiary/aromatic N) is 1. The molecule has 0 aliphatic rings. The van der Waals surface area contributed by atoms with Crippen LogP contribution in [-0.2, 0) is 6.42 Å². The van der Waals surface area contributed by atoms with E-state index in [1.807, 2.05) is 24.3 Å². The first-order chi connectivity index (χ1) is 10.2. The van der Waals surface area contributed by atoms with Crippen LogP contribution in [0.25, 0.3) is 20.8 Å². The molecule has 21 heavy (non-hydrogen) atoms. The van der Waals surface area contributed by atoms with Crippen LogP contribution in [-0.4, -0.2) is 19.2 Å². The summed E-state index contributed by atoms with van der Waals surface area (Å²) >= 11 is 1.69. The molecule has 4 heteroatoms. The summed E-state index contributed by atoms with van der Waals surface area (Å²) in [5, 5.41) is 1.02. The highest BCUT2D eigenvalue weighted by atomic mass is 32.1. The molecule has 0 aliphatic carbocycles. The first kappa shape index (κ1) is 13.9. The second-order valence-corrected chi connectivity index (χ2v) is 5.76. The standard InChI is InChI=1S/C17H17NO2S/c1-4-11-9-14(20-3)10-15-16(11)18-17(21-15)12-5-7-13(19-2)8-6-12/h5-10H,4H2,1-3H3. The number of benzene rings is 2. The average Bonchev–Trinajstić information content (AvgIpc) is 2.97. The van der Waals surface area contributed by atoms with E-state index in [-0.39, 0.29) is 0 Å². The largest absolute Gasteiger partial charge is 0.497 e. The molecule has 0 amide bonds. The number of thiazole rings is 1. The molecule has 0 atom stereocenters. The lowest BCUT2D eigenvalue weighted by Gasteiger charge is -2.03. The minimum atomic E-state index is 0.857. The SMILES string of the molecule is CCc1cc(OC)cc2sc(-c3ccc(OC)cc3)nc12. The third-order valence-electron chi connectivity index (χ3n) is 3.50. The van der Waals surface area contributed by atoms with Gasteiger partial charge in [-0.05, 0) is 48.4 Å². The van der Waals surface area contributed by atoms with Gasteiger partial charge in [0.15, 0.2) is 0 Å². The van der Waals surface area contributed by atoms with Gasteiger partial charge in [-0.1, -0.05) is 6.92 Å². The first-order valence-electron chi connectivity index (χ1n) is 6.87. The zero-order valence-corrected chi connectivity index (χ0v) is 13.2. The second kappa shape index (κ2) is 5.74. The highest BCUT2D eigenvalue weighted by Gasteiger charge is 2.11. The summed E-state index contributed by atoms with van der Waals surface area (Å²) in [5.74, 6) is 1.75. The van der Waals surface area contributed by atoms with Gasteiger partial charge in [0.2, 0.25) is 0 Å². The Balaban J connectivity index is 2.11. The van der Waals surface area contributed by atoms with Gasteiger partial charge in [-0.15, -0.1) is 11.3 Å². The number of fused-ring (bicyclic) bond motifs is 1. The molecule has 0 saturated carbocycles. The molecular formula is C17H17NO2S. The summed E-state index contributed by atoms with van der Waals surface area (Å²) in [4.78, 5) is 4.81. The lowest BCUT2D eigenvalue weighted by Crippen LogP contribution is -1.87. The van der Waals surface area contributed by atoms with Crippen molar-refractivity contribution in [2.45, 2.75) is 13.3 Å². The molecule has 108 valence electrons. The summed E-state index contributed by atoms with van der Waals surface area (Å²) < 4.78 is 11.7. The zero-order chi connectivity index (χ0) is 14.8.